The van der Waals surface area contributed by atoms with Gasteiger partial charge in [0.25, 0.3) is 0 Å². The maximum Gasteiger partial charge on any atom is 0.340 e. The average Bonchev–Trinajstić information content (AvgIpc) is 3.31. The summed E-state index contributed by atoms with van der Waals surface area (Å²) < 4.78 is 34.3. The highest BCUT2D eigenvalue weighted by molar-refractivity contribution is 7.70. The van der Waals surface area contributed by atoms with Gasteiger partial charge < -0.3 is 39.1 Å². The Kier molecular flexibility index (Phi) is 8.25. The number of halogens is 2. The lowest BCUT2D eigenvalue weighted by Gasteiger charge is -2.19. The van der Waals surface area contributed by atoms with Crippen LogP contribution in [0, 0.1) is 0 Å². The number of ether oxygens (including phenoxy) is 1. The molecule has 1 aromatic carbocycles. The lowest BCUT2D eigenvalue weighted by Crippen LogP contribution is -2.33. The van der Waals surface area contributed by atoms with Gasteiger partial charge in [-0.1, -0.05) is 28.9 Å². The third-order valence-corrected chi connectivity index (χ3v) is 9.19. The molecule has 3 aromatic rings. The van der Waals surface area contributed by atoms with E-state index in [1.807, 2.05) is 6.07 Å². The van der Waals surface area contributed by atoms with E-state index >= 15 is 0 Å². The molecule has 1 aliphatic rings. The number of anilines is 1. The van der Waals surface area contributed by atoms with Gasteiger partial charge in [0.1, 0.15) is 18.3 Å². The van der Waals surface area contributed by atoms with Crippen LogP contribution in [0.4, 0.5) is 5.82 Å². The van der Waals surface area contributed by atoms with Crippen molar-refractivity contribution in [3.05, 3.63) is 40.1 Å². The van der Waals surface area contributed by atoms with Crippen LogP contribution in [-0.4, -0.2) is 87.7 Å². The summed E-state index contributed by atoms with van der Waals surface area (Å²) >= 11 is 12.2. The number of hydrogen-bond acceptors (Lipinski definition) is 11. The standard InChI is InChI=1S/C18H22Cl2N6O9P2/c1-25(6-9-3-2-4-10(19)5-9)15-12-16(22-18(20)21-15)26(24-23-12)17-14(28)13(27)11(35-17)7-34-37(32,33)8-36(29,30)31/h2-5,11,13-14,17,27-28H,6-8H2,1H3,(H,32,33)(H2,29,30,31)/t11-,13-,14-,17-/m1/s1. The zero-order valence-corrected chi connectivity index (χ0v) is 22.2. The van der Waals surface area contributed by atoms with E-state index in [0.717, 1.165) is 10.2 Å². The molecule has 0 bridgehead atoms. The Morgan fingerprint density at radius 2 is 1.89 bits per heavy atom. The monoisotopic (exact) mass is 598 g/mol. The first kappa shape index (κ1) is 28.3. The summed E-state index contributed by atoms with van der Waals surface area (Å²) in [6, 6.07) is 7.20. The van der Waals surface area contributed by atoms with E-state index in [4.69, 9.17) is 42.2 Å². The van der Waals surface area contributed by atoms with Crippen molar-refractivity contribution < 1.29 is 43.3 Å². The van der Waals surface area contributed by atoms with Crippen molar-refractivity contribution in [2.75, 3.05) is 24.5 Å². The summed E-state index contributed by atoms with van der Waals surface area (Å²) in [5.74, 6) is -1.10. The molecule has 37 heavy (non-hydrogen) atoms. The first-order valence-electron chi connectivity index (χ1n) is 10.5. The minimum atomic E-state index is -4.85. The number of aliphatic hydroxyl groups is 2. The largest absolute Gasteiger partial charge is 0.387 e. The van der Waals surface area contributed by atoms with Gasteiger partial charge in [-0.25, -0.2) is 0 Å². The van der Waals surface area contributed by atoms with Gasteiger partial charge in [-0.15, -0.1) is 5.10 Å². The quantitative estimate of drug-likeness (QED) is 0.172. The predicted molar refractivity (Wildman–Crippen MR) is 130 cm³/mol. The fraction of sp³-hybridized carbons (Fsp3) is 0.444. The second-order valence-corrected chi connectivity index (χ2v) is 13.1. The molecule has 0 amide bonds. The summed E-state index contributed by atoms with van der Waals surface area (Å²) in [6.45, 7) is -0.370. The second-order valence-electron chi connectivity index (χ2n) is 8.29. The van der Waals surface area contributed by atoms with E-state index < -0.39 is 52.2 Å². The topological polar surface area (TPSA) is 213 Å². The summed E-state index contributed by atoms with van der Waals surface area (Å²) in [6.07, 6.45) is -5.91. The Morgan fingerprint density at radius 1 is 1.16 bits per heavy atom. The maximum absolute atomic E-state index is 11.9. The number of fused-ring (bicyclic) bond motifs is 1. The first-order valence-corrected chi connectivity index (χ1v) is 14.8. The van der Waals surface area contributed by atoms with E-state index in [2.05, 4.69) is 20.3 Å². The number of rotatable bonds is 9. The van der Waals surface area contributed by atoms with Crippen molar-refractivity contribution >= 4 is 55.4 Å². The van der Waals surface area contributed by atoms with Gasteiger partial charge in [0.15, 0.2) is 29.1 Å². The molecule has 0 saturated carbocycles. The molecule has 3 heterocycles. The van der Waals surface area contributed by atoms with Gasteiger partial charge in [-0.3, -0.25) is 9.13 Å². The fourth-order valence-electron chi connectivity index (χ4n) is 3.74. The molecule has 2 aromatic heterocycles. The summed E-state index contributed by atoms with van der Waals surface area (Å²) in [4.78, 5) is 37.6. The van der Waals surface area contributed by atoms with E-state index in [-0.39, 0.29) is 16.4 Å². The van der Waals surface area contributed by atoms with Crippen molar-refractivity contribution in [3.63, 3.8) is 0 Å². The molecular formula is C18H22Cl2N6O9P2. The van der Waals surface area contributed by atoms with E-state index in [0.29, 0.717) is 17.4 Å². The molecule has 19 heteroatoms. The SMILES string of the molecule is CN(Cc1cccc(Cl)c1)c1nc(Cl)nc2c1nnn2[C@@H]1O[C@H](COP(=O)(O)CP(=O)(O)O)[C@@H](O)[C@H]1O. The Morgan fingerprint density at radius 3 is 2.57 bits per heavy atom. The molecule has 1 unspecified atom stereocenters. The smallest absolute Gasteiger partial charge is 0.340 e. The maximum atomic E-state index is 11.9. The van der Waals surface area contributed by atoms with Gasteiger partial charge in [0.05, 0.1) is 6.61 Å². The average molecular weight is 599 g/mol. The highest BCUT2D eigenvalue weighted by Crippen LogP contribution is 2.55. The molecule has 4 rings (SSSR count). The third kappa shape index (κ3) is 6.64. The van der Waals surface area contributed by atoms with Crippen LogP contribution in [0.1, 0.15) is 11.8 Å². The molecule has 0 radical (unpaired) electrons. The van der Waals surface area contributed by atoms with Crippen LogP contribution >= 0.6 is 38.4 Å². The van der Waals surface area contributed by atoms with Crippen molar-refractivity contribution in [2.45, 2.75) is 31.1 Å². The van der Waals surface area contributed by atoms with Crippen LogP contribution in [0.15, 0.2) is 24.3 Å². The Hall–Kier alpha value is -1.74. The Labute approximate surface area is 219 Å². The van der Waals surface area contributed by atoms with Crippen LogP contribution in [-0.2, 0) is 24.9 Å². The Bertz CT molecular complexity index is 1390. The highest BCUT2D eigenvalue weighted by Gasteiger charge is 2.46. The molecule has 1 aliphatic heterocycles. The molecule has 202 valence electrons. The van der Waals surface area contributed by atoms with Crippen molar-refractivity contribution in [2.24, 2.45) is 0 Å². The summed E-state index contributed by atoms with van der Waals surface area (Å²) in [5, 5.41) is 29.4. The predicted octanol–water partition coefficient (Wildman–Crippen LogP) is 1.12. The van der Waals surface area contributed by atoms with Gasteiger partial charge >= 0.3 is 15.2 Å². The number of nitrogens with zero attached hydrogens (tertiary/aromatic N) is 6. The van der Waals surface area contributed by atoms with E-state index in [1.165, 1.54) is 0 Å². The van der Waals surface area contributed by atoms with Crippen molar-refractivity contribution in [1.82, 2.24) is 25.0 Å². The summed E-state index contributed by atoms with van der Waals surface area (Å²) in [7, 11) is -7.82. The second kappa shape index (κ2) is 10.8. The van der Waals surface area contributed by atoms with Gasteiger partial charge in [-0.2, -0.15) is 14.6 Å². The third-order valence-electron chi connectivity index (χ3n) is 5.33. The molecule has 1 fully saturated rings. The number of aromatic nitrogens is 5. The number of benzene rings is 1. The lowest BCUT2D eigenvalue weighted by molar-refractivity contribution is -0.0549. The molecule has 0 aliphatic carbocycles. The molecule has 0 spiro atoms. The molecular weight excluding hydrogens is 577 g/mol. The molecule has 5 N–H and O–H groups in total. The molecule has 5 atom stereocenters. The lowest BCUT2D eigenvalue weighted by atomic mass is 10.1. The first-order chi connectivity index (χ1) is 17.2. The molecule has 1 saturated heterocycles. The zero-order chi connectivity index (χ0) is 27.1. The van der Waals surface area contributed by atoms with Crippen LogP contribution in [0.25, 0.3) is 11.2 Å². The van der Waals surface area contributed by atoms with E-state index in [9.17, 15) is 24.2 Å². The van der Waals surface area contributed by atoms with E-state index in [1.54, 1.807) is 30.1 Å². The van der Waals surface area contributed by atoms with Crippen LogP contribution < -0.4 is 4.90 Å². The number of hydrogen-bond donors (Lipinski definition) is 5. The number of aliphatic hydroxyl groups excluding tert-OH is 2. The minimum absolute atomic E-state index is 0.0695. The molecule has 15 nitrogen and oxygen atoms in total. The van der Waals surface area contributed by atoms with Crippen LogP contribution in [0.5, 0.6) is 0 Å². The normalized spacial score (nSPS) is 23.9. The fourth-order valence-corrected chi connectivity index (χ4v) is 6.69. The zero-order valence-electron chi connectivity index (χ0n) is 18.9. The van der Waals surface area contributed by atoms with Gasteiger partial charge in [-0.05, 0) is 29.3 Å². The Balaban J connectivity index is 1.56. The van der Waals surface area contributed by atoms with Crippen molar-refractivity contribution in [3.8, 4) is 0 Å². The van der Waals surface area contributed by atoms with Crippen LogP contribution in [0.3, 0.4) is 0 Å². The van der Waals surface area contributed by atoms with Gasteiger partial charge in [0, 0.05) is 18.6 Å². The van der Waals surface area contributed by atoms with Crippen LogP contribution in [0.2, 0.25) is 10.3 Å². The van der Waals surface area contributed by atoms with Gasteiger partial charge in [0.2, 0.25) is 5.28 Å². The summed E-state index contributed by atoms with van der Waals surface area (Å²) in [5.41, 5.74) is 1.16. The minimum Gasteiger partial charge on any atom is -0.387 e. The highest BCUT2D eigenvalue weighted by atomic mass is 35.5. The van der Waals surface area contributed by atoms with Crippen molar-refractivity contribution in [1.29, 1.82) is 0 Å².